The molecule has 3 N–H and O–H groups in total. The third-order valence-corrected chi connectivity index (χ3v) is 5.23. The number of nitrogens with one attached hydrogen (secondary N) is 1. The summed E-state index contributed by atoms with van der Waals surface area (Å²) in [6.45, 7) is 11.8. The topological polar surface area (TPSA) is 41.3 Å². The second-order valence-corrected chi connectivity index (χ2v) is 6.35. The maximum atomic E-state index is 5.95. The number of nitrogens with zero attached hydrogens (tertiary/aromatic N) is 1. The van der Waals surface area contributed by atoms with Crippen LogP contribution in [0.5, 0.6) is 0 Å². The molecule has 1 aliphatic rings. The molecule has 1 heterocycles. The zero-order valence-electron chi connectivity index (χ0n) is 13.5. The highest BCUT2D eigenvalue weighted by atomic mass is 15.3. The summed E-state index contributed by atoms with van der Waals surface area (Å²) in [5.74, 6) is 6.70. The third-order valence-electron chi connectivity index (χ3n) is 5.23. The van der Waals surface area contributed by atoms with E-state index in [1.165, 1.54) is 58.0 Å². The lowest BCUT2D eigenvalue weighted by Crippen LogP contribution is -2.62. The zero-order chi connectivity index (χ0) is 14.3. The number of likely N-dealkylation sites (tertiary alicyclic amines) is 1. The van der Waals surface area contributed by atoms with E-state index in [0.29, 0.717) is 6.04 Å². The molecule has 2 unspecified atom stereocenters. The molecule has 1 fully saturated rings. The van der Waals surface area contributed by atoms with Crippen molar-refractivity contribution in [2.45, 2.75) is 84.2 Å². The van der Waals surface area contributed by atoms with E-state index in [0.717, 1.165) is 5.92 Å². The lowest BCUT2D eigenvalue weighted by molar-refractivity contribution is 0.0521. The van der Waals surface area contributed by atoms with Gasteiger partial charge in [-0.3, -0.25) is 16.2 Å². The first-order valence-electron chi connectivity index (χ1n) is 8.35. The summed E-state index contributed by atoms with van der Waals surface area (Å²) in [5, 5.41) is 0. The Morgan fingerprint density at radius 2 is 1.74 bits per heavy atom. The van der Waals surface area contributed by atoms with Crippen LogP contribution in [-0.2, 0) is 0 Å². The highest BCUT2D eigenvalue weighted by Crippen LogP contribution is 2.34. The van der Waals surface area contributed by atoms with Gasteiger partial charge in [0.25, 0.3) is 0 Å². The standard InChI is InChI=1S/C16H35N3/c1-5-10-14(4)13-15(18-17)16(6-2,7-3)19-11-8-9-12-19/h14-15,18H,5-13,17H2,1-4H3. The summed E-state index contributed by atoms with van der Waals surface area (Å²) >= 11 is 0. The van der Waals surface area contributed by atoms with Gasteiger partial charge in [0.1, 0.15) is 0 Å². The molecule has 0 aliphatic carbocycles. The van der Waals surface area contributed by atoms with Crippen LogP contribution in [0.25, 0.3) is 0 Å². The summed E-state index contributed by atoms with van der Waals surface area (Å²) in [6, 6.07) is 0.419. The SMILES string of the molecule is CCCC(C)CC(NN)C(CC)(CC)N1CCCC1. The van der Waals surface area contributed by atoms with E-state index >= 15 is 0 Å². The fourth-order valence-corrected chi connectivity index (χ4v) is 4.03. The third kappa shape index (κ3) is 3.93. The molecular formula is C16H35N3. The molecular weight excluding hydrogens is 234 g/mol. The molecule has 0 amide bonds. The van der Waals surface area contributed by atoms with Crippen LogP contribution in [0.15, 0.2) is 0 Å². The van der Waals surface area contributed by atoms with E-state index in [1.807, 2.05) is 0 Å². The molecule has 0 saturated carbocycles. The number of hydrazine groups is 1. The maximum absolute atomic E-state index is 5.95. The van der Waals surface area contributed by atoms with Gasteiger partial charge in [-0.05, 0) is 51.1 Å². The predicted octanol–water partition coefficient (Wildman–Crippen LogP) is 3.30. The van der Waals surface area contributed by atoms with Gasteiger partial charge >= 0.3 is 0 Å². The highest BCUT2D eigenvalue weighted by Gasteiger charge is 2.41. The Labute approximate surface area is 120 Å². The first-order valence-corrected chi connectivity index (χ1v) is 8.35. The van der Waals surface area contributed by atoms with Crippen LogP contribution >= 0.6 is 0 Å². The van der Waals surface area contributed by atoms with E-state index in [9.17, 15) is 0 Å². The summed E-state index contributed by atoms with van der Waals surface area (Å²) in [7, 11) is 0. The molecule has 3 heteroatoms. The largest absolute Gasteiger partial charge is 0.296 e. The molecule has 0 bridgehead atoms. The van der Waals surface area contributed by atoms with Crippen molar-refractivity contribution < 1.29 is 0 Å². The zero-order valence-corrected chi connectivity index (χ0v) is 13.5. The van der Waals surface area contributed by atoms with Gasteiger partial charge in [0.2, 0.25) is 0 Å². The summed E-state index contributed by atoms with van der Waals surface area (Å²) in [6.07, 6.45) is 8.86. The average Bonchev–Trinajstić information content (AvgIpc) is 2.94. The molecule has 0 aromatic carbocycles. The van der Waals surface area contributed by atoms with Crippen molar-refractivity contribution >= 4 is 0 Å². The number of nitrogens with two attached hydrogens (primary N) is 1. The Bertz CT molecular complexity index is 232. The van der Waals surface area contributed by atoms with Gasteiger partial charge in [-0.1, -0.05) is 40.5 Å². The van der Waals surface area contributed by atoms with Crippen molar-refractivity contribution in [2.75, 3.05) is 13.1 Å². The van der Waals surface area contributed by atoms with Gasteiger partial charge in [-0.2, -0.15) is 0 Å². The van der Waals surface area contributed by atoms with Crippen molar-refractivity contribution in [3.63, 3.8) is 0 Å². The number of rotatable bonds is 9. The Morgan fingerprint density at radius 3 is 2.16 bits per heavy atom. The summed E-state index contributed by atoms with van der Waals surface area (Å²) in [5.41, 5.74) is 3.43. The van der Waals surface area contributed by atoms with Gasteiger partial charge in [-0.15, -0.1) is 0 Å². The van der Waals surface area contributed by atoms with E-state index in [4.69, 9.17) is 5.84 Å². The molecule has 2 atom stereocenters. The van der Waals surface area contributed by atoms with Crippen LogP contribution in [0.1, 0.15) is 72.6 Å². The minimum absolute atomic E-state index is 0.257. The molecule has 0 radical (unpaired) electrons. The second kappa shape index (κ2) is 8.23. The molecule has 0 aromatic heterocycles. The second-order valence-electron chi connectivity index (χ2n) is 6.35. The monoisotopic (exact) mass is 269 g/mol. The lowest BCUT2D eigenvalue weighted by atomic mass is 9.78. The highest BCUT2D eigenvalue weighted by molar-refractivity contribution is 5.00. The van der Waals surface area contributed by atoms with Crippen molar-refractivity contribution in [1.82, 2.24) is 10.3 Å². The Kier molecular flexibility index (Phi) is 7.33. The van der Waals surface area contributed by atoms with Crippen LogP contribution in [0, 0.1) is 5.92 Å². The van der Waals surface area contributed by atoms with Crippen LogP contribution in [-0.4, -0.2) is 29.6 Å². The Hall–Kier alpha value is -0.120. The van der Waals surface area contributed by atoms with E-state index < -0.39 is 0 Å². The normalized spacial score (nSPS) is 20.7. The van der Waals surface area contributed by atoms with Crippen molar-refractivity contribution in [1.29, 1.82) is 0 Å². The van der Waals surface area contributed by atoms with Gasteiger partial charge in [0.15, 0.2) is 0 Å². The summed E-state index contributed by atoms with van der Waals surface area (Å²) in [4.78, 5) is 2.70. The van der Waals surface area contributed by atoms with Gasteiger partial charge < -0.3 is 0 Å². The number of hydrogen-bond donors (Lipinski definition) is 2. The molecule has 19 heavy (non-hydrogen) atoms. The first kappa shape index (κ1) is 16.9. The molecule has 1 aliphatic heterocycles. The fraction of sp³-hybridized carbons (Fsp3) is 1.00. The van der Waals surface area contributed by atoms with Crippen LogP contribution in [0.3, 0.4) is 0 Å². The molecule has 114 valence electrons. The Morgan fingerprint density at radius 1 is 1.16 bits per heavy atom. The quantitative estimate of drug-likeness (QED) is 0.498. The molecule has 3 nitrogen and oxygen atoms in total. The Balaban J connectivity index is 2.80. The van der Waals surface area contributed by atoms with Crippen molar-refractivity contribution in [2.24, 2.45) is 11.8 Å². The van der Waals surface area contributed by atoms with E-state index in [2.05, 4.69) is 38.0 Å². The van der Waals surface area contributed by atoms with E-state index in [-0.39, 0.29) is 5.54 Å². The smallest absolute Gasteiger partial charge is 0.0397 e. The molecule has 0 aromatic rings. The summed E-state index contributed by atoms with van der Waals surface area (Å²) < 4.78 is 0. The predicted molar refractivity (Wildman–Crippen MR) is 83.9 cm³/mol. The van der Waals surface area contributed by atoms with E-state index in [1.54, 1.807) is 0 Å². The number of hydrogen-bond acceptors (Lipinski definition) is 3. The molecule has 0 spiro atoms. The lowest BCUT2D eigenvalue weighted by Gasteiger charge is -2.47. The fourth-order valence-electron chi connectivity index (χ4n) is 4.03. The molecule has 1 rings (SSSR count). The first-order chi connectivity index (χ1) is 9.14. The van der Waals surface area contributed by atoms with Crippen LogP contribution in [0.4, 0.5) is 0 Å². The van der Waals surface area contributed by atoms with Gasteiger partial charge in [0.05, 0.1) is 0 Å². The molecule has 1 saturated heterocycles. The average molecular weight is 269 g/mol. The van der Waals surface area contributed by atoms with Crippen molar-refractivity contribution in [3.05, 3.63) is 0 Å². The minimum atomic E-state index is 0.257. The van der Waals surface area contributed by atoms with Gasteiger partial charge in [0, 0.05) is 11.6 Å². The van der Waals surface area contributed by atoms with Crippen LogP contribution < -0.4 is 11.3 Å². The van der Waals surface area contributed by atoms with Crippen LogP contribution in [0.2, 0.25) is 0 Å². The van der Waals surface area contributed by atoms with Crippen molar-refractivity contribution in [3.8, 4) is 0 Å². The minimum Gasteiger partial charge on any atom is -0.296 e. The maximum Gasteiger partial charge on any atom is 0.0397 e. The van der Waals surface area contributed by atoms with Gasteiger partial charge in [-0.25, -0.2) is 0 Å².